The highest BCUT2D eigenvalue weighted by molar-refractivity contribution is 7.71. The van der Waals surface area contributed by atoms with E-state index in [4.69, 9.17) is 4.31 Å². The standard InChI is InChI=1S/C8H22NO3P2/c1-7-13(5,10)12-14(6,11)8-9(2,3)4/h7-8H2,1-6H3/q+1. The third-order valence-electron chi connectivity index (χ3n) is 1.60. The van der Waals surface area contributed by atoms with Gasteiger partial charge in [-0.2, -0.15) is 0 Å². The number of rotatable bonds is 5. The molecule has 0 bridgehead atoms. The maximum atomic E-state index is 12.0. The first-order valence-electron chi connectivity index (χ1n) is 4.62. The lowest BCUT2D eigenvalue weighted by molar-refractivity contribution is -0.858. The smallest absolute Gasteiger partial charge is 0.258 e. The lowest BCUT2D eigenvalue weighted by atomic mass is 10.8. The van der Waals surface area contributed by atoms with E-state index < -0.39 is 14.7 Å². The molecule has 86 valence electrons. The van der Waals surface area contributed by atoms with Gasteiger partial charge in [0.25, 0.3) is 7.37 Å². The second kappa shape index (κ2) is 4.49. The molecule has 0 aliphatic carbocycles. The second-order valence-corrected chi connectivity index (χ2v) is 10.5. The third kappa shape index (κ3) is 6.78. The average molecular weight is 242 g/mol. The average Bonchev–Trinajstić information content (AvgIpc) is 1.78. The fourth-order valence-electron chi connectivity index (χ4n) is 1.22. The Hall–Kier alpha value is 0.380. The lowest BCUT2D eigenvalue weighted by Gasteiger charge is -2.28. The first-order chi connectivity index (χ1) is 5.97. The highest BCUT2D eigenvalue weighted by Gasteiger charge is 2.31. The van der Waals surface area contributed by atoms with Crippen LogP contribution in [-0.2, 0) is 13.4 Å². The predicted octanol–water partition coefficient (Wildman–Crippen LogP) is 2.50. The summed E-state index contributed by atoms with van der Waals surface area (Å²) >= 11 is 0. The molecular weight excluding hydrogens is 220 g/mol. The van der Waals surface area contributed by atoms with E-state index in [0.29, 0.717) is 16.9 Å². The van der Waals surface area contributed by atoms with Crippen LogP contribution in [0.2, 0.25) is 0 Å². The molecule has 0 aromatic heterocycles. The van der Waals surface area contributed by atoms with Crippen molar-refractivity contribution in [1.29, 1.82) is 0 Å². The molecule has 2 atom stereocenters. The molecule has 0 aromatic carbocycles. The Balaban J connectivity index is 4.52. The van der Waals surface area contributed by atoms with E-state index in [0.717, 1.165) is 0 Å². The minimum atomic E-state index is -2.74. The molecule has 6 heteroatoms. The zero-order valence-electron chi connectivity index (χ0n) is 9.98. The number of hydrogen-bond acceptors (Lipinski definition) is 3. The van der Waals surface area contributed by atoms with Gasteiger partial charge < -0.3 is 4.48 Å². The van der Waals surface area contributed by atoms with Gasteiger partial charge in [-0.05, 0) is 0 Å². The molecule has 0 spiro atoms. The van der Waals surface area contributed by atoms with E-state index in [1.807, 2.05) is 21.1 Å². The van der Waals surface area contributed by atoms with Crippen LogP contribution in [0.25, 0.3) is 0 Å². The molecule has 0 saturated heterocycles. The summed E-state index contributed by atoms with van der Waals surface area (Å²) in [6.45, 7) is 4.88. The Kier molecular flexibility index (Phi) is 4.61. The number of hydrogen-bond donors (Lipinski definition) is 0. The summed E-state index contributed by atoms with van der Waals surface area (Å²) < 4.78 is 29.5. The van der Waals surface area contributed by atoms with Crippen molar-refractivity contribution < 1.29 is 17.9 Å². The monoisotopic (exact) mass is 242 g/mol. The van der Waals surface area contributed by atoms with Gasteiger partial charge in [-0.3, -0.25) is 13.4 Å². The summed E-state index contributed by atoms with van der Waals surface area (Å²) in [5.41, 5.74) is 0. The number of quaternary nitrogens is 1. The molecule has 0 saturated carbocycles. The summed E-state index contributed by atoms with van der Waals surface area (Å²) in [6.07, 6.45) is 0.840. The summed E-state index contributed by atoms with van der Waals surface area (Å²) in [7, 11) is 0.413. The number of nitrogens with zero attached hydrogens (tertiary/aromatic N) is 1. The van der Waals surface area contributed by atoms with Crippen LogP contribution in [0.15, 0.2) is 0 Å². The van der Waals surface area contributed by atoms with E-state index in [1.54, 1.807) is 20.3 Å². The molecule has 0 N–H and O–H groups in total. The van der Waals surface area contributed by atoms with E-state index in [2.05, 4.69) is 0 Å². The van der Waals surface area contributed by atoms with Gasteiger partial charge in [0.05, 0.1) is 21.1 Å². The zero-order valence-corrected chi connectivity index (χ0v) is 11.8. The van der Waals surface area contributed by atoms with Crippen LogP contribution in [0.1, 0.15) is 6.92 Å². The Labute approximate surface area is 87.1 Å². The van der Waals surface area contributed by atoms with Crippen LogP contribution in [0.4, 0.5) is 0 Å². The van der Waals surface area contributed by atoms with Gasteiger partial charge in [0.2, 0.25) is 7.37 Å². The van der Waals surface area contributed by atoms with Crippen LogP contribution < -0.4 is 0 Å². The molecule has 0 amide bonds. The van der Waals surface area contributed by atoms with Crippen molar-refractivity contribution >= 4 is 14.7 Å². The van der Waals surface area contributed by atoms with Crippen LogP contribution in [-0.4, -0.2) is 51.4 Å². The molecule has 14 heavy (non-hydrogen) atoms. The van der Waals surface area contributed by atoms with Gasteiger partial charge in [0.1, 0.15) is 0 Å². The van der Waals surface area contributed by atoms with Gasteiger partial charge in [0, 0.05) is 19.5 Å². The third-order valence-corrected chi connectivity index (χ3v) is 6.88. The minimum Gasteiger partial charge on any atom is -0.323 e. The Morgan fingerprint density at radius 3 is 1.79 bits per heavy atom. The van der Waals surface area contributed by atoms with Crippen LogP contribution in [0, 0.1) is 0 Å². The molecule has 0 aliphatic rings. The zero-order chi connectivity index (χ0) is 11.6. The molecule has 0 rings (SSSR count). The summed E-state index contributed by atoms with van der Waals surface area (Å²) in [6, 6.07) is 0. The molecule has 0 fully saturated rings. The maximum Gasteiger partial charge on any atom is 0.258 e. The van der Waals surface area contributed by atoms with Crippen molar-refractivity contribution in [2.45, 2.75) is 6.92 Å². The highest BCUT2D eigenvalue weighted by Crippen LogP contribution is 2.59. The van der Waals surface area contributed by atoms with E-state index in [1.165, 1.54) is 0 Å². The van der Waals surface area contributed by atoms with Gasteiger partial charge in [0.15, 0.2) is 6.29 Å². The molecule has 2 unspecified atom stereocenters. The van der Waals surface area contributed by atoms with Gasteiger partial charge in [-0.1, -0.05) is 6.92 Å². The van der Waals surface area contributed by atoms with Crippen molar-refractivity contribution in [1.82, 2.24) is 0 Å². The van der Waals surface area contributed by atoms with Crippen LogP contribution in [0.5, 0.6) is 0 Å². The quantitative estimate of drug-likeness (QED) is 0.549. The molecule has 4 nitrogen and oxygen atoms in total. The normalized spacial score (nSPS) is 21.3. The second-order valence-electron chi connectivity index (χ2n) is 4.86. The molecule has 0 radical (unpaired) electrons. The topological polar surface area (TPSA) is 43.4 Å². The SMILES string of the molecule is CCP(C)(=O)OP(C)(=O)C[N+](C)(C)C. The summed E-state index contributed by atoms with van der Waals surface area (Å²) in [5, 5.41) is 0. The Morgan fingerprint density at radius 1 is 1.07 bits per heavy atom. The first kappa shape index (κ1) is 14.4. The van der Waals surface area contributed by atoms with Crippen molar-refractivity contribution in [2.24, 2.45) is 0 Å². The predicted molar refractivity (Wildman–Crippen MR) is 61.6 cm³/mol. The van der Waals surface area contributed by atoms with E-state index in [-0.39, 0.29) is 0 Å². The molecule has 0 aromatic rings. The van der Waals surface area contributed by atoms with Crippen molar-refractivity contribution in [2.75, 3.05) is 46.9 Å². The summed E-state index contributed by atoms with van der Waals surface area (Å²) in [4.78, 5) is 0. The molecule has 0 heterocycles. The fourth-order valence-corrected chi connectivity index (χ4v) is 6.35. The van der Waals surface area contributed by atoms with Crippen LogP contribution in [0.3, 0.4) is 0 Å². The Morgan fingerprint density at radius 2 is 1.50 bits per heavy atom. The van der Waals surface area contributed by atoms with Crippen molar-refractivity contribution in [3.63, 3.8) is 0 Å². The summed E-state index contributed by atoms with van der Waals surface area (Å²) in [5.74, 6) is 0. The van der Waals surface area contributed by atoms with Gasteiger partial charge >= 0.3 is 0 Å². The highest BCUT2D eigenvalue weighted by atomic mass is 31.2. The lowest BCUT2D eigenvalue weighted by Crippen LogP contribution is -2.35. The van der Waals surface area contributed by atoms with Crippen molar-refractivity contribution in [3.8, 4) is 0 Å². The first-order valence-corrected chi connectivity index (χ1v) is 9.14. The largest absolute Gasteiger partial charge is 0.323 e. The van der Waals surface area contributed by atoms with Crippen molar-refractivity contribution in [3.05, 3.63) is 0 Å². The van der Waals surface area contributed by atoms with Gasteiger partial charge in [-0.15, -0.1) is 0 Å². The van der Waals surface area contributed by atoms with E-state index in [9.17, 15) is 9.13 Å². The van der Waals surface area contributed by atoms with Gasteiger partial charge in [-0.25, -0.2) is 0 Å². The molecule has 0 aliphatic heterocycles. The maximum absolute atomic E-state index is 12.0. The Bertz CT molecular complexity index is 283. The molecular formula is C8H22NO3P2+. The van der Waals surface area contributed by atoms with Crippen LogP contribution >= 0.6 is 14.7 Å². The fraction of sp³-hybridized carbons (Fsp3) is 1.00. The minimum absolute atomic E-state index is 0.408. The van der Waals surface area contributed by atoms with E-state index >= 15 is 0 Å².